The van der Waals surface area contributed by atoms with E-state index >= 15 is 0 Å². The van der Waals surface area contributed by atoms with Crippen LogP contribution in [0.1, 0.15) is 23.8 Å². The van der Waals surface area contributed by atoms with Gasteiger partial charge in [0, 0.05) is 10.9 Å². The maximum Gasteiger partial charge on any atom is 0.326 e. The first-order valence-electron chi connectivity index (χ1n) is 5.86. The molecule has 0 radical (unpaired) electrons. The summed E-state index contributed by atoms with van der Waals surface area (Å²) in [6.45, 7) is 1.68. The molecule has 2 aromatic rings. The van der Waals surface area contributed by atoms with E-state index in [1.165, 1.54) is 12.1 Å². The third-order valence-electron chi connectivity index (χ3n) is 2.86. The molecular formula is C13H14N2O4. The van der Waals surface area contributed by atoms with Crippen LogP contribution in [0.5, 0.6) is 5.75 Å². The molecule has 1 aromatic carbocycles. The van der Waals surface area contributed by atoms with Crippen LogP contribution in [0.25, 0.3) is 10.9 Å². The van der Waals surface area contributed by atoms with E-state index in [4.69, 9.17) is 5.11 Å². The number of rotatable bonds is 4. The number of aliphatic carboxylic acids is 1. The van der Waals surface area contributed by atoms with Crippen LogP contribution in [-0.2, 0) is 4.79 Å². The number of fused-ring (bicyclic) bond motifs is 1. The van der Waals surface area contributed by atoms with E-state index in [0.717, 1.165) is 0 Å². The minimum Gasteiger partial charge on any atom is -0.508 e. The van der Waals surface area contributed by atoms with Crippen molar-refractivity contribution < 1.29 is 19.8 Å². The average Bonchev–Trinajstić information content (AvgIpc) is 2.78. The molecule has 19 heavy (non-hydrogen) atoms. The van der Waals surface area contributed by atoms with Gasteiger partial charge in [-0.2, -0.15) is 0 Å². The molecule has 4 N–H and O–H groups in total. The van der Waals surface area contributed by atoms with Gasteiger partial charge in [-0.1, -0.05) is 6.92 Å². The Morgan fingerprint density at radius 2 is 2.11 bits per heavy atom. The van der Waals surface area contributed by atoms with Crippen molar-refractivity contribution in [1.82, 2.24) is 10.3 Å². The zero-order valence-corrected chi connectivity index (χ0v) is 10.3. The minimum atomic E-state index is -1.07. The molecule has 0 aliphatic rings. The van der Waals surface area contributed by atoms with Crippen LogP contribution in [0.15, 0.2) is 24.3 Å². The number of aromatic hydroxyl groups is 1. The predicted molar refractivity (Wildman–Crippen MR) is 69.1 cm³/mol. The van der Waals surface area contributed by atoms with Gasteiger partial charge in [0.15, 0.2) is 0 Å². The van der Waals surface area contributed by atoms with Gasteiger partial charge >= 0.3 is 5.97 Å². The number of phenols is 1. The van der Waals surface area contributed by atoms with Gasteiger partial charge in [-0.05, 0) is 30.7 Å². The largest absolute Gasteiger partial charge is 0.508 e. The normalized spacial score (nSPS) is 12.3. The fourth-order valence-corrected chi connectivity index (χ4v) is 1.82. The molecule has 0 saturated carbocycles. The second-order valence-corrected chi connectivity index (χ2v) is 4.23. The van der Waals surface area contributed by atoms with Crippen molar-refractivity contribution in [3.8, 4) is 5.75 Å². The monoisotopic (exact) mass is 262 g/mol. The van der Waals surface area contributed by atoms with Gasteiger partial charge in [-0.25, -0.2) is 4.79 Å². The first-order valence-corrected chi connectivity index (χ1v) is 5.86. The molecule has 0 spiro atoms. The smallest absolute Gasteiger partial charge is 0.326 e. The Balaban J connectivity index is 2.24. The maximum atomic E-state index is 11.9. The Morgan fingerprint density at radius 1 is 1.37 bits per heavy atom. The molecule has 1 heterocycles. The van der Waals surface area contributed by atoms with Crippen molar-refractivity contribution in [3.63, 3.8) is 0 Å². The highest BCUT2D eigenvalue weighted by Crippen LogP contribution is 2.20. The van der Waals surface area contributed by atoms with Crippen molar-refractivity contribution >= 4 is 22.8 Å². The number of H-pyrrole nitrogens is 1. The van der Waals surface area contributed by atoms with Crippen molar-refractivity contribution in [2.45, 2.75) is 19.4 Å². The number of carboxylic acids is 1. The molecule has 0 saturated heterocycles. The topological polar surface area (TPSA) is 102 Å². The number of carbonyl (C=O) groups is 2. The van der Waals surface area contributed by atoms with Gasteiger partial charge in [-0.3, -0.25) is 4.79 Å². The third-order valence-corrected chi connectivity index (χ3v) is 2.86. The fourth-order valence-electron chi connectivity index (χ4n) is 1.82. The second kappa shape index (κ2) is 5.01. The zero-order valence-electron chi connectivity index (χ0n) is 10.3. The Morgan fingerprint density at radius 3 is 2.74 bits per heavy atom. The number of phenolic OH excluding ortho intramolecular Hbond substituents is 1. The summed E-state index contributed by atoms with van der Waals surface area (Å²) >= 11 is 0. The SMILES string of the molecule is CCC(NC(=O)c1cc2cc(O)ccc2[nH]1)C(=O)O. The molecule has 0 aliphatic heterocycles. The molecule has 1 amide bonds. The standard InChI is InChI=1S/C13H14N2O4/c1-2-9(13(18)19)15-12(17)11-6-7-5-8(16)3-4-10(7)14-11/h3-6,9,14,16H,2H2,1H3,(H,15,17)(H,18,19). The summed E-state index contributed by atoms with van der Waals surface area (Å²) in [5.74, 6) is -1.44. The summed E-state index contributed by atoms with van der Waals surface area (Å²) in [6, 6.07) is 5.34. The number of aromatic amines is 1. The number of nitrogens with one attached hydrogen (secondary N) is 2. The van der Waals surface area contributed by atoms with Crippen LogP contribution in [0.3, 0.4) is 0 Å². The zero-order chi connectivity index (χ0) is 14.0. The van der Waals surface area contributed by atoms with E-state index in [2.05, 4.69) is 10.3 Å². The third kappa shape index (κ3) is 2.67. The number of amides is 1. The lowest BCUT2D eigenvalue weighted by atomic mass is 10.2. The molecule has 6 heteroatoms. The van der Waals surface area contributed by atoms with E-state index in [1.54, 1.807) is 19.1 Å². The lowest BCUT2D eigenvalue weighted by Gasteiger charge is -2.10. The van der Waals surface area contributed by atoms with Gasteiger partial charge in [0.25, 0.3) is 5.91 Å². The highest BCUT2D eigenvalue weighted by molar-refractivity contribution is 5.99. The van der Waals surface area contributed by atoms with E-state index in [1.807, 2.05) is 0 Å². The van der Waals surface area contributed by atoms with Gasteiger partial charge in [0.05, 0.1) is 0 Å². The van der Waals surface area contributed by atoms with Gasteiger partial charge in [0.2, 0.25) is 0 Å². The Labute approximate surface area is 109 Å². The minimum absolute atomic E-state index is 0.107. The Kier molecular flexibility index (Phi) is 3.41. The number of hydrogen-bond donors (Lipinski definition) is 4. The Hall–Kier alpha value is -2.50. The summed E-state index contributed by atoms with van der Waals surface area (Å²) in [7, 11) is 0. The van der Waals surface area contributed by atoms with Crippen LogP contribution in [-0.4, -0.2) is 33.1 Å². The van der Waals surface area contributed by atoms with Gasteiger partial charge in [-0.15, -0.1) is 0 Å². The number of hydrogen-bond acceptors (Lipinski definition) is 3. The summed E-state index contributed by atoms with van der Waals surface area (Å²) < 4.78 is 0. The first kappa shape index (κ1) is 12.9. The van der Waals surface area contributed by atoms with Crippen LogP contribution in [0, 0.1) is 0 Å². The molecule has 6 nitrogen and oxygen atoms in total. The van der Waals surface area contributed by atoms with Crippen molar-refractivity contribution in [1.29, 1.82) is 0 Å². The van der Waals surface area contributed by atoms with E-state index in [0.29, 0.717) is 17.3 Å². The van der Waals surface area contributed by atoms with Crippen LogP contribution in [0.4, 0.5) is 0 Å². The fraction of sp³-hybridized carbons (Fsp3) is 0.231. The molecule has 2 rings (SSSR count). The van der Waals surface area contributed by atoms with Gasteiger partial charge < -0.3 is 20.5 Å². The van der Waals surface area contributed by atoms with Crippen LogP contribution >= 0.6 is 0 Å². The van der Waals surface area contributed by atoms with Gasteiger partial charge in [0.1, 0.15) is 17.5 Å². The molecule has 0 fully saturated rings. The number of carboxylic acid groups (broad SMARTS) is 1. The first-order chi connectivity index (χ1) is 9.01. The van der Waals surface area contributed by atoms with Crippen LogP contribution < -0.4 is 5.32 Å². The molecule has 1 unspecified atom stereocenters. The number of aromatic nitrogens is 1. The number of benzene rings is 1. The lowest BCUT2D eigenvalue weighted by Crippen LogP contribution is -2.40. The van der Waals surface area contributed by atoms with Crippen molar-refractivity contribution in [2.75, 3.05) is 0 Å². The average molecular weight is 262 g/mol. The van der Waals surface area contributed by atoms with Crippen LogP contribution in [0.2, 0.25) is 0 Å². The summed E-state index contributed by atoms with van der Waals surface area (Å²) in [6.07, 6.45) is 0.308. The summed E-state index contributed by atoms with van der Waals surface area (Å²) in [5, 5.41) is 21.3. The van der Waals surface area contributed by atoms with E-state index in [9.17, 15) is 14.7 Å². The molecule has 0 bridgehead atoms. The molecule has 100 valence electrons. The van der Waals surface area contributed by atoms with Crippen molar-refractivity contribution in [3.05, 3.63) is 30.0 Å². The molecular weight excluding hydrogens is 248 g/mol. The van der Waals surface area contributed by atoms with E-state index in [-0.39, 0.29) is 11.4 Å². The quantitative estimate of drug-likeness (QED) is 0.670. The number of carbonyl (C=O) groups excluding carboxylic acids is 1. The lowest BCUT2D eigenvalue weighted by molar-refractivity contribution is -0.139. The molecule has 1 atom stereocenters. The maximum absolute atomic E-state index is 11.9. The van der Waals surface area contributed by atoms with E-state index < -0.39 is 17.9 Å². The van der Waals surface area contributed by atoms with Crippen molar-refractivity contribution in [2.24, 2.45) is 0 Å². The molecule has 1 aromatic heterocycles. The summed E-state index contributed by atoms with van der Waals surface area (Å²) in [4.78, 5) is 25.6. The summed E-state index contributed by atoms with van der Waals surface area (Å²) in [5.41, 5.74) is 0.964. The molecule has 0 aliphatic carbocycles. The highest BCUT2D eigenvalue weighted by Gasteiger charge is 2.19. The Bertz CT molecular complexity index is 633. The predicted octanol–water partition coefficient (Wildman–Crippen LogP) is 1.47. The highest BCUT2D eigenvalue weighted by atomic mass is 16.4. The second-order valence-electron chi connectivity index (χ2n) is 4.23.